The van der Waals surface area contributed by atoms with Crippen molar-refractivity contribution in [1.29, 1.82) is 0 Å². The summed E-state index contributed by atoms with van der Waals surface area (Å²) >= 11 is 5.65. The highest BCUT2D eigenvalue weighted by Gasteiger charge is 2.23. The highest BCUT2D eigenvalue weighted by Crippen LogP contribution is 2.30. The minimum Gasteiger partial charge on any atom is -0.479 e. The van der Waals surface area contributed by atoms with Gasteiger partial charge in [0.15, 0.2) is 6.10 Å². The molecule has 1 aliphatic rings. The fraction of sp³-hybridized carbons (Fsp3) is 0.364. The molecule has 0 saturated heterocycles. The number of alkyl halides is 1. The van der Waals surface area contributed by atoms with Gasteiger partial charge in [0.1, 0.15) is 5.75 Å². The van der Waals surface area contributed by atoms with Crippen LogP contribution in [0.3, 0.4) is 0 Å². The van der Waals surface area contributed by atoms with Gasteiger partial charge in [0, 0.05) is 5.88 Å². The number of halogens is 1. The maximum atomic E-state index is 11.4. The number of hydrogen-bond donors (Lipinski definition) is 1. The molecule has 0 radical (unpaired) electrons. The molecule has 80 valence electrons. The summed E-state index contributed by atoms with van der Waals surface area (Å²) < 4.78 is 5.43. The lowest BCUT2D eigenvalue weighted by molar-refractivity contribution is -0.122. The van der Waals surface area contributed by atoms with E-state index >= 15 is 0 Å². The molecule has 0 saturated carbocycles. The van der Waals surface area contributed by atoms with Crippen LogP contribution in [-0.2, 0) is 11.2 Å². The highest BCUT2D eigenvalue weighted by molar-refractivity contribution is 6.18. The molecule has 1 atom stereocenters. The molecule has 1 aliphatic heterocycles. The third kappa shape index (κ3) is 2.07. The van der Waals surface area contributed by atoms with E-state index in [-0.39, 0.29) is 5.91 Å². The summed E-state index contributed by atoms with van der Waals surface area (Å²) in [7, 11) is 0. The summed E-state index contributed by atoms with van der Waals surface area (Å²) in [5.74, 6) is 1.19. The summed E-state index contributed by atoms with van der Waals surface area (Å²) in [6, 6.07) is 5.74. The van der Waals surface area contributed by atoms with Crippen LogP contribution in [-0.4, -0.2) is 17.9 Å². The fourth-order valence-electron chi connectivity index (χ4n) is 1.52. The van der Waals surface area contributed by atoms with Gasteiger partial charge in [-0.1, -0.05) is 6.07 Å². The van der Waals surface area contributed by atoms with E-state index in [1.807, 2.05) is 18.2 Å². The number of benzene rings is 1. The van der Waals surface area contributed by atoms with Crippen LogP contribution in [0.15, 0.2) is 18.2 Å². The molecule has 0 fully saturated rings. The van der Waals surface area contributed by atoms with Crippen molar-refractivity contribution >= 4 is 23.2 Å². The number of carbonyl (C=O) groups is 1. The zero-order chi connectivity index (χ0) is 10.8. The summed E-state index contributed by atoms with van der Waals surface area (Å²) in [5.41, 5.74) is 1.84. The van der Waals surface area contributed by atoms with E-state index < -0.39 is 6.10 Å². The van der Waals surface area contributed by atoms with E-state index in [1.165, 1.54) is 0 Å². The van der Waals surface area contributed by atoms with Crippen molar-refractivity contribution in [2.45, 2.75) is 19.4 Å². The lowest BCUT2D eigenvalue weighted by Crippen LogP contribution is -2.34. The molecule has 1 heterocycles. The quantitative estimate of drug-likeness (QED) is 0.784. The van der Waals surface area contributed by atoms with Crippen LogP contribution in [0.5, 0.6) is 5.75 Å². The van der Waals surface area contributed by atoms with E-state index in [4.69, 9.17) is 16.3 Å². The van der Waals surface area contributed by atoms with Crippen molar-refractivity contribution in [2.75, 3.05) is 11.2 Å². The molecular weight excluding hydrogens is 214 g/mol. The van der Waals surface area contributed by atoms with Crippen molar-refractivity contribution in [1.82, 2.24) is 0 Å². The second-order valence-corrected chi connectivity index (χ2v) is 3.90. The van der Waals surface area contributed by atoms with E-state index in [1.54, 1.807) is 6.92 Å². The predicted octanol–water partition coefficient (Wildman–Crippen LogP) is 2.19. The molecule has 1 amide bonds. The molecule has 0 aromatic heterocycles. The molecular formula is C11H12ClNO2. The van der Waals surface area contributed by atoms with Gasteiger partial charge < -0.3 is 10.1 Å². The largest absolute Gasteiger partial charge is 0.479 e. The highest BCUT2D eigenvalue weighted by atomic mass is 35.5. The zero-order valence-electron chi connectivity index (χ0n) is 8.42. The Hall–Kier alpha value is -1.22. The SMILES string of the molecule is CC1Oc2ccc(CCCl)cc2NC1=O. The fourth-order valence-corrected chi connectivity index (χ4v) is 1.74. The first-order valence-corrected chi connectivity index (χ1v) is 5.40. The smallest absolute Gasteiger partial charge is 0.265 e. The van der Waals surface area contributed by atoms with Crippen molar-refractivity contribution in [3.8, 4) is 5.75 Å². The second-order valence-electron chi connectivity index (χ2n) is 3.52. The molecule has 2 rings (SSSR count). The molecule has 1 N–H and O–H groups in total. The van der Waals surface area contributed by atoms with Gasteiger partial charge in [-0.3, -0.25) is 4.79 Å². The second kappa shape index (κ2) is 4.11. The van der Waals surface area contributed by atoms with Crippen molar-refractivity contribution in [3.63, 3.8) is 0 Å². The number of aryl methyl sites for hydroxylation is 1. The van der Waals surface area contributed by atoms with Gasteiger partial charge in [-0.05, 0) is 31.0 Å². The predicted molar refractivity (Wildman–Crippen MR) is 59.6 cm³/mol. The van der Waals surface area contributed by atoms with Crippen LogP contribution in [0, 0.1) is 0 Å². The van der Waals surface area contributed by atoms with Crippen LogP contribution in [0.2, 0.25) is 0 Å². The maximum absolute atomic E-state index is 11.4. The third-order valence-corrected chi connectivity index (χ3v) is 2.55. The first-order valence-electron chi connectivity index (χ1n) is 4.87. The Labute approximate surface area is 93.4 Å². The standard InChI is InChI=1S/C11H12ClNO2/c1-7-11(14)13-9-6-8(4-5-12)2-3-10(9)15-7/h2-3,6-7H,4-5H2,1H3,(H,13,14). The number of carbonyl (C=O) groups excluding carboxylic acids is 1. The van der Waals surface area contributed by atoms with Crippen molar-refractivity contribution in [3.05, 3.63) is 23.8 Å². The Morgan fingerprint density at radius 3 is 3.07 bits per heavy atom. The van der Waals surface area contributed by atoms with Gasteiger partial charge in [-0.2, -0.15) is 0 Å². The van der Waals surface area contributed by atoms with Gasteiger partial charge >= 0.3 is 0 Å². The number of fused-ring (bicyclic) bond motifs is 1. The van der Waals surface area contributed by atoms with E-state index in [0.29, 0.717) is 5.88 Å². The van der Waals surface area contributed by atoms with Crippen LogP contribution in [0.4, 0.5) is 5.69 Å². The van der Waals surface area contributed by atoms with Crippen LogP contribution in [0.25, 0.3) is 0 Å². The molecule has 1 aromatic rings. The number of ether oxygens (including phenoxy) is 1. The van der Waals surface area contributed by atoms with Gasteiger partial charge in [0.05, 0.1) is 5.69 Å². The van der Waals surface area contributed by atoms with Gasteiger partial charge in [0.25, 0.3) is 5.91 Å². The van der Waals surface area contributed by atoms with Gasteiger partial charge in [-0.25, -0.2) is 0 Å². The van der Waals surface area contributed by atoms with E-state index in [2.05, 4.69) is 5.32 Å². The Bertz CT molecular complexity index is 392. The number of hydrogen-bond acceptors (Lipinski definition) is 2. The first-order chi connectivity index (χ1) is 7.20. The Morgan fingerprint density at radius 1 is 1.53 bits per heavy atom. The molecule has 1 aromatic carbocycles. The molecule has 1 unspecified atom stereocenters. The van der Waals surface area contributed by atoms with Crippen LogP contribution >= 0.6 is 11.6 Å². The molecule has 0 spiro atoms. The minimum absolute atomic E-state index is 0.106. The molecule has 4 heteroatoms. The average molecular weight is 226 g/mol. The van der Waals surface area contributed by atoms with Crippen LogP contribution < -0.4 is 10.1 Å². The van der Waals surface area contributed by atoms with Crippen molar-refractivity contribution < 1.29 is 9.53 Å². The molecule has 0 aliphatic carbocycles. The summed E-state index contributed by atoms with van der Waals surface area (Å²) in [6.45, 7) is 1.73. The lowest BCUT2D eigenvalue weighted by atomic mass is 10.1. The Morgan fingerprint density at radius 2 is 2.33 bits per heavy atom. The summed E-state index contributed by atoms with van der Waals surface area (Å²) in [5, 5.41) is 2.80. The Balaban J connectivity index is 2.29. The number of rotatable bonds is 2. The van der Waals surface area contributed by atoms with Crippen molar-refractivity contribution in [2.24, 2.45) is 0 Å². The van der Waals surface area contributed by atoms with Gasteiger partial charge in [0.2, 0.25) is 0 Å². The van der Waals surface area contributed by atoms with E-state index in [0.717, 1.165) is 23.4 Å². The normalized spacial score (nSPS) is 19.1. The molecule has 3 nitrogen and oxygen atoms in total. The number of anilines is 1. The van der Waals surface area contributed by atoms with Crippen LogP contribution in [0.1, 0.15) is 12.5 Å². The summed E-state index contributed by atoms with van der Waals surface area (Å²) in [4.78, 5) is 11.4. The lowest BCUT2D eigenvalue weighted by Gasteiger charge is -2.23. The monoisotopic (exact) mass is 225 g/mol. The number of nitrogens with one attached hydrogen (secondary N) is 1. The van der Waals surface area contributed by atoms with Gasteiger partial charge in [-0.15, -0.1) is 11.6 Å². The molecule has 15 heavy (non-hydrogen) atoms. The number of amides is 1. The minimum atomic E-state index is -0.420. The summed E-state index contributed by atoms with van der Waals surface area (Å²) in [6.07, 6.45) is 0.372. The first kappa shape index (κ1) is 10.3. The Kier molecular flexibility index (Phi) is 2.82. The third-order valence-electron chi connectivity index (χ3n) is 2.36. The zero-order valence-corrected chi connectivity index (χ0v) is 9.17. The van der Waals surface area contributed by atoms with E-state index in [9.17, 15) is 4.79 Å². The maximum Gasteiger partial charge on any atom is 0.265 e. The molecule has 0 bridgehead atoms. The topological polar surface area (TPSA) is 38.3 Å². The average Bonchev–Trinajstić information content (AvgIpc) is 2.21.